The monoisotopic (exact) mass is 271 g/mol. The second-order valence-corrected chi connectivity index (χ2v) is 6.37. The third kappa shape index (κ3) is 5.16. The third-order valence-corrected chi connectivity index (χ3v) is 3.71. The lowest BCUT2D eigenvalue weighted by atomic mass is 10.2. The molecule has 1 N–H and O–H groups in total. The van der Waals surface area contributed by atoms with Gasteiger partial charge in [0.15, 0.2) is 9.84 Å². The topological polar surface area (TPSA) is 55.4 Å². The van der Waals surface area contributed by atoms with E-state index in [1.165, 1.54) is 6.26 Å². The van der Waals surface area contributed by atoms with Gasteiger partial charge < -0.3 is 10.1 Å². The second kappa shape index (κ2) is 6.87. The Balaban J connectivity index is 2.49. The average Bonchev–Trinajstić information content (AvgIpc) is 2.33. The van der Waals surface area contributed by atoms with Crippen molar-refractivity contribution in [1.82, 2.24) is 5.32 Å². The Hall–Kier alpha value is -0.910. The molecule has 0 bridgehead atoms. The summed E-state index contributed by atoms with van der Waals surface area (Å²) in [4.78, 5) is 0.355. The molecule has 1 atom stereocenters. The zero-order valence-electron chi connectivity index (χ0n) is 11.1. The molecule has 1 unspecified atom stereocenters. The Kier molecular flexibility index (Phi) is 5.78. The molecule has 1 rings (SSSR count). The fourth-order valence-corrected chi connectivity index (χ4v) is 2.13. The summed E-state index contributed by atoms with van der Waals surface area (Å²) in [6.45, 7) is 6.13. The van der Waals surface area contributed by atoms with Crippen molar-refractivity contribution in [2.45, 2.75) is 31.3 Å². The van der Waals surface area contributed by atoms with E-state index in [1.54, 1.807) is 12.1 Å². The number of ether oxygens (including phenoxy) is 1. The summed E-state index contributed by atoms with van der Waals surface area (Å²) in [6, 6.07) is 7.21. The number of sulfone groups is 1. The van der Waals surface area contributed by atoms with Gasteiger partial charge in [-0.05, 0) is 31.5 Å². The second-order valence-electron chi connectivity index (χ2n) is 4.36. The van der Waals surface area contributed by atoms with E-state index < -0.39 is 9.84 Å². The molecule has 0 heterocycles. The van der Waals surface area contributed by atoms with Gasteiger partial charge in [0, 0.05) is 25.4 Å². The van der Waals surface area contributed by atoms with Crippen LogP contribution in [0.3, 0.4) is 0 Å². The van der Waals surface area contributed by atoms with Crippen LogP contribution in [0, 0.1) is 0 Å². The van der Waals surface area contributed by atoms with Crippen molar-refractivity contribution >= 4 is 9.84 Å². The van der Waals surface area contributed by atoms with Gasteiger partial charge in [-0.25, -0.2) is 8.42 Å². The fraction of sp³-hybridized carbons (Fsp3) is 0.538. The highest BCUT2D eigenvalue weighted by Crippen LogP contribution is 2.10. The maximum atomic E-state index is 11.3. The van der Waals surface area contributed by atoms with E-state index in [0.717, 1.165) is 12.2 Å². The molecular formula is C13H21NO3S. The number of rotatable bonds is 7. The molecule has 5 heteroatoms. The Bertz CT molecular complexity index is 454. The quantitative estimate of drug-likeness (QED) is 0.818. The van der Waals surface area contributed by atoms with Gasteiger partial charge >= 0.3 is 0 Å². The number of hydrogen-bond acceptors (Lipinski definition) is 4. The predicted molar refractivity (Wildman–Crippen MR) is 72.3 cm³/mol. The Morgan fingerprint density at radius 1 is 1.28 bits per heavy atom. The van der Waals surface area contributed by atoms with Crippen molar-refractivity contribution in [3.8, 4) is 0 Å². The Labute approximate surface area is 109 Å². The molecule has 18 heavy (non-hydrogen) atoms. The molecule has 0 amide bonds. The SMILES string of the molecule is CCOCC(C)NCc1ccc(S(C)(=O)=O)cc1. The molecule has 0 saturated carbocycles. The maximum absolute atomic E-state index is 11.3. The molecule has 0 aliphatic rings. The van der Waals surface area contributed by atoms with Gasteiger partial charge in [-0.1, -0.05) is 12.1 Å². The van der Waals surface area contributed by atoms with Gasteiger partial charge in [0.1, 0.15) is 0 Å². The summed E-state index contributed by atoms with van der Waals surface area (Å²) in [6.07, 6.45) is 1.21. The number of nitrogens with one attached hydrogen (secondary N) is 1. The first kappa shape index (κ1) is 15.1. The molecule has 0 aliphatic heterocycles. The summed E-state index contributed by atoms with van der Waals surface area (Å²) >= 11 is 0. The minimum absolute atomic E-state index is 0.277. The summed E-state index contributed by atoms with van der Waals surface area (Å²) < 4.78 is 27.9. The van der Waals surface area contributed by atoms with E-state index in [0.29, 0.717) is 18.0 Å². The summed E-state index contributed by atoms with van der Waals surface area (Å²) in [5, 5.41) is 3.32. The van der Waals surface area contributed by atoms with Gasteiger partial charge in [0.25, 0.3) is 0 Å². The normalized spacial score (nSPS) is 13.5. The summed E-state index contributed by atoms with van der Waals surface area (Å²) in [5.74, 6) is 0. The molecule has 1 aromatic carbocycles. The van der Waals surface area contributed by atoms with E-state index in [1.807, 2.05) is 19.1 Å². The van der Waals surface area contributed by atoms with Crippen LogP contribution < -0.4 is 5.32 Å². The van der Waals surface area contributed by atoms with Crippen LogP contribution in [0.25, 0.3) is 0 Å². The number of benzene rings is 1. The lowest BCUT2D eigenvalue weighted by molar-refractivity contribution is 0.127. The first-order valence-electron chi connectivity index (χ1n) is 6.03. The molecule has 4 nitrogen and oxygen atoms in total. The fourth-order valence-electron chi connectivity index (χ4n) is 1.50. The van der Waals surface area contributed by atoms with Crippen molar-refractivity contribution in [3.63, 3.8) is 0 Å². The van der Waals surface area contributed by atoms with Crippen molar-refractivity contribution < 1.29 is 13.2 Å². The van der Waals surface area contributed by atoms with E-state index in [-0.39, 0.29) is 6.04 Å². The summed E-state index contributed by atoms with van der Waals surface area (Å²) in [7, 11) is -3.10. The standard InChI is InChI=1S/C13H21NO3S/c1-4-17-10-11(2)14-9-12-5-7-13(8-6-12)18(3,15)16/h5-8,11,14H,4,9-10H2,1-3H3. The first-order chi connectivity index (χ1) is 8.43. The third-order valence-electron chi connectivity index (χ3n) is 2.58. The molecule has 0 spiro atoms. The summed E-state index contributed by atoms with van der Waals surface area (Å²) in [5.41, 5.74) is 1.06. The molecule has 102 valence electrons. The molecular weight excluding hydrogens is 250 g/mol. The highest BCUT2D eigenvalue weighted by molar-refractivity contribution is 7.90. The molecule has 0 aromatic heterocycles. The first-order valence-corrected chi connectivity index (χ1v) is 7.92. The van der Waals surface area contributed by atoms with Crippen LogP contribution in [-0.2, 0) is 21.1 Å². The van der Waals surface area contributed by atoms with Crippen molar-refractivity contribution in [2.75, 3.05) is 19.5 Å². The highest BCUT2D eigenvalue weighted by atomic mass is 32.2. The van der Waals surface area contributed by atoms with Gasteiger partial charge in [-0.3, -0.25) is 0 Å². The lowest BCUT2D eigenvalue weighted by Crippen LogP contribution is -2.30. The van der Waals surface area contributed by atoms with Crippen LogP contribution in [0.4, 0.5) is 0 Å². The minimum Gasteiger partial charge on any atom is -0.380 e. The molecule has 0 fully saturated rings. The van der Waals surface area contributed by atoms with Crippen LogP contribution in [0.2, 0.25) is 0 Å². The van der Waals surface area contributed by atoms with E-state index in [4.69, 9.17) is 4.74 Å². The molecule has 1 aromatic rings. The van der Waals surface area contributed by atoms with Crippen LogP contribution in [-0.4, -0.2) is 33.9 Å². The van der Waals surface area contributed by atoms with Crippen LogP contribution >= 0.6 is 0 Å². The zero-order valence-corrected chi connectivity index (χ0v) is 12.0. The van der Waals surface area contributed by atoms with Gasteiger partial charge in [-0.15, -0.1) is 0 Å². The zero-order chi connectivity index (χ0) is 13.6. The van der Waals surface area contributed by atoms with Crippen molar-refractivity contribution in [2.24, 2.45) is 0 Å². The number of hydrogen-bond donors (Lipinski definition) is 1. The van der Waals surface area contributed by atoms with E-state index in [9.17, 15) is 8.42 Å². The van der Waals surface area contributed by atoms with E-state index in [2.05, 4.69) is 12.2 Å². The maximum Gasteiger partial charge on any atom is 0.175 e. The minimum atomic E-state index is -3.10. The van der Waals surface area contributed by atoms with Crippen LogP contribution in [0.5, 0.6) is 0 Å². The molecule has 0 saturated heterocycles. The van der Waals surface area contributed by atoms with Crippen LogP contribution in [0.1, 0.15) is 19.4 Å². The van der Waals surface area contributed by atoms with Gasteiger partial charge in [0.05, 0.1) is 11.5 Å². The van der Waals surface area contributed by atoms with Gasteiger partial charge in [-0.2, -0.15) is 0 Å². The Morgan fingerprint density at radius 3 is 2.39 bits per heavy atom. The smallest absolute Gasteiger partial charge is 0.175 e. The van der Waals surface area contributed by atoms with E-state index >= 15 is 0 Å². The molecule has 0 aliphatic carbocycles. The largest absolute Gasteiger partial charge is 0.380 e. The Morgan fingerprint density at radius 2 is 1.89 bits per heavy atom. The van der Waals surface area contributed by atoms with Crippen LogP contribution in [0.15, 0.2) is 29.2 Å². The highest BCUT2D eigenvalue weighted by Gasteiger charge is 2.06. The molecule has 0 radical (unpaired) electrons. The average molecular weight is 271 g/mol. The van der Waals surface area contributed by atoms with Crippen molar-refractivity contribution in [3.05, 3.63) is 29.8 Å². The van der Waals surface area contributed by atoms with Crippen molar-refractivity contribution in [1.29, 1.82) is 0 Å². The van der Waals surface area contributed by atoms with Gasteiger partial charge in [0.2, 0.25) is 0 Å². The predicted octanol–water partition coefficient (Wildman–Crippen LogP) is 1.60. The lowest BCUT2D eigenvalue weighted by Gasteiger charge is -2.13.